The van der Waals surface area contributed by atoms with Crippen LogP contribution in [-0.4, -0.2) is 16.7 Å². The highest BCUT2D eigenvalue weighted by molar-refractivity contribution is 5.54. The highest BCUT2D eigenvalue weighted by Gasteiger charge is 2.09. The Bertz CT molecular complexity index is 490. The van der Waals surface area contributed by atoms with E-state index in [9.17, 15) is 4.39 Å². The van der Waals surface area contributed by atoms with E-state index in [1.54, 1.807) is 0 Å². The quantitative estimate of drug-likeness (QED) is 0.881. The second kappa shape index (κ2) is 5.05. The van der Waals surface area contributed by atoms with Gasteiger partial charge in [-0.3, -0.25) is 0 Å². The van der Waals surface area contributed by atoms with Gasteiger partial charge in [-0.2, -0.15) is 4.98 Å². The molecule has 4 nitrogen and oxygen atoms in total. The van der Waals surface area contributed by atoms with Crippen molar-refractivity contribution in [2.24, 2.45) is 5.73 Å². The van der Waals surface area contributed by atoms with Gasteiger partial charge in [0.2, 0.25) is 0 Å². The van der Waals surface area contributed by atoms with Crippen molar-refractivity contribution < 1.29 is 8.91 Å². The van der Waals surface area contributed by atoms with Crippen molar-refractivity contribution in [3.05, 3.63) is 35.4 Å². The molecule has 5 heteroatoms. The minimum atomic E-state index is -0.304. The van der Waals surface area contributed by atoms with E-state index in [-0.39, 0.29) is 5.82 Å². The van der Waals surface area contributed by atoms with Crippen molar-refractivity contribution in [2.45, 2.75) is 19.8 Å². The molecule has 0 radical (unpaired) electrons. The molecule has 0 amide bonds. The molecule has 0 saturated heterocycles. The summed E-state index contributed by atoms with van der Waals surface area (Å²) in [5.74, 6) is 0.647. The van der Waals surface area contributed by atoms with Gasteiger partial charge in [0.1, 0.15) is 5.82 Å². The number of aromatic nitrogens is 2. The van der Waals surface area contributed by atoms with Crippen molar-refractivity contribution >= 4 is 0 Å². The summed E-state index contributed by atoms with van der Waals surface area (Å²) in [7, 11) is 0. The van der Waals surface area contributed by atoms with E-state index < -0.39 is 0 Å². The van der Waals surface area contributed by atoms with Crippen LogP contribution >= 0.6 is 0 Å². The molecule has 1 heterocycles. The summed E-state index contributed by atoms with van der Waals surface area (Å²) < 4.78 is 18.3. The lowest BCUT2D eigenvalue weighted by Crippen LogP contribution is -2.01. The molecule has 0 bridgehead atoms. The zero-order valence-electron chi connectivity index (χ0n) is 9.61. The van der Waals surface area contributed by atoms with Crippen LogP contribution in [0.25, 0.3) is 11.5 Å². The van der Waals surface area contributed by atoms with Crippen LogP contribution in [-0.2, 0) is 6.42 Å². The first kappa shape index (κ1) is 11.7. The maximum absolute atomic E-state index is 13.2. The van der Waals surface area contributed by atoms with E-state index in [1.165, 1.54) is 12.1 Å². The van der Waals surface area contributed by atoms with Crippen LogP contribution in [0.3, 0.4) is 0 Å². The first-order chi connectivity index (χ1) is 8.19. The Labute approximate surface area is 98.6 Å². The van der Waals surface area contributed by atoms with Gasteiger partial charge in [0, 0.05) is 12.0 Å². The number of hydrogen-bond donors (Lipinski definition) is 1. The number of benzene rings is 1. The van der Waals surface area contributed by atoms with Gasteiger partial charge in [0.25, 0.3) is 5.89 Å². The summed E-state index contributed by atoms with van der Waals surface area (Å²) in [6.07, 6.45) is 1.48. The Morgan fingerprint density at radius 3 is 2.88 bits per heavy atom. The molecular formula is C12H14FN3O. The van der Waals surface area contributed by atoms with Gasteiger partial charge >= 0.3 is 0 Å². The third-order valence-electron chi connectivity index (χ3n) is 2.36. The summed E-state index contributed by atoms with van der Waals surface area (Å²) in [5.41, 5.74) is 6.82. The lowest BCUT2D eigenvalue weighted by Gasteiger charge is -1.97. The number of aryl methyl sites for hydroxylation is 2. The lowest BCUT2D eigenvalue weighted by atomic mass is 10.1. The number of rotatable bonds is 4. The predicted molar refractivity (Wildman–Crippen MR) is 61.8 cm³/mol. The average molecular weight is 235 g/mol. The van der Waals surface area contributed by atoms with Crippen molar-refractivity contribution in [1.82, 2.24) is 10.1 Å². The van der Waals surface area contributed by atoms with E-state index in [1.807, 2.05) is 13.0 Å². The number of nitrogens with zero attached hydrogens (tertiary/aromatic N) is 2. The Hall–Kier alpha value is -1.75. The SMILES string of the molecule is Cc1cc(F)cc(-c2nc(CCCN)no2)c1. The van der Waals surface area contributed by atoms with E-state index in [0.717, 1.165) is 12.0 Å². The molecule has 90 valence electrons. The van der Waals surface area contributed by atoms with Gasteiger partial charge < -0.3 is 10.3 Å². The zero-order valence-corrected chi connectivity index (χ0v) is 9.61. The fourth-order valence-electron chi connectivity index (χ4n) is 1.59. The summed E-state index contributed by atoms with van der Waals surface area (Å²) in [6.45, 7) is 2.40. The molecule has 0 saturated carbocycles. The van der Waals surface area contributed by atoms with E-state index in [4.69, 9.17) is 10.3 Å². The van der Waals surface area contributed by atoms with Crippen LogP contribution in [0.15, 0.2) is 22.7 Å². The molecule has 0 spiro atoms. The average Bonchev–Trinajstić information content (AvgIpc) is 2.73. The van der Waals surface area contributed by atoms with Crippen molar-refractivity contribution in [2.75, 3.05) is 6.54 Å². The molecule has 0 atom stereocenters. The van der Waals surface area contributed by atoms with Crippen molar-refractivity contribution in [1.29, 1.82) is 0 Å². The second-order valence-electron chi connectivity index (χ2n) is 3.93. The Balaban J connectivity index is 2.24. The molecular weight excluding hydrogens is 221 g/mol. The van der Waals surface area contributed by atoms with E-state index in [2.05, 4.69) is 10.1 Å². The van der Waals surface area contributed by atoms with Gasteiger partial charge in [0.15, 0.2) is 5.82 Å². The van der Waals surface area contributed by atoms with Crippen LogP contribution in [0.1, 0.15) is 17.8 Å². The van der Waals surface area contributed by atoms with Gasteiger partial charge in [0.05, 0.1) is 0 Å². The molecule has 2 N–H and O–H groups in total. The Morgan fingerprint density at radius 2 is 2.18 bits per heavy atom. The smallest absolute Gasteiger partial charge is 0.258 e. The molecule has 1 aromatic carbocycles. The third-order valence-corrected chi connectivity index (χ3v) is 2.36. The van der Waals surface area contributed by atoms with Gasteiger partial charge in [-0.05, 0) is 43.7 Å². The fourth-order valence-corrected chi connectivity index (χ4v) is 1.59. The largest absolute Gasteiger partial charge is 0.334 e. The molecule has 0 unspecified atom stereocenters. The third kappa shape index (κ3) is 2.88. The monoisotopic (exact) mass is 235 g/mol. The Morgan fingerprint density at radius 1 is 1.35 bits per heavy atom. The van der Waals surface area contributed by atoms with Gasteiger partial charge in [-0.1, -0.05) is 5.16 Å². The minimum absolute atomic E-state index is 0.304. The zero-order chi connectivity index (χ0) is 12.3. The normalized spacial score (nSPS) is 10.8. The van der Waals surface area contributed by atoms with Crippen LogP contribution in [0, 0.1) is 12.7 Å². The molecule has 0 aliphatic carbocycles. The van der Waals surface area contributed by atoms with Crippen molar-refractivity contribution in [3.63, 3.8) is 0 Å². The molecule has 0 aliphatic rings. The number of hydrogen-bond acceptors (Lipinski definition) is 4. The first-order valence-electron chi connectivity index (χ1n) is 5.49. The Kier molecular flexibility index (Phi) is 3.49. The summed E-state index contributed by atoms with van der Waals surface area (Å²) in [4.78, 5) is 4.20. The summed E-state index contributed by atoms with van der Waals surface area (Å²) in [5, 5.41) is 3.83. The molecule has 0 aliphatic heterocycles. The van der Waals surface area contributed by atoms with Gasteiger partial charge in [-0.15, -0.1) is 0 Å². The standard InChI is InChI=1S/C12H14FN3O/c1-8-5-9(7-10(13)6-8)12-15-11(16-17-12)3-2-4-14/h5-7H,2-4,14H2,1H3. The van der Waals surface area contributed by atoms with E-state index in [0.29, 0.717) is 30.2 Å². The molecule has 1 aromatic heterocycles. The van der Waals surface area contributed by atoms with Crippen LogP contribution in [0.2, 0.25) is 0 Å². The molecule has 17 heavy (non-hydrogen) atoms. The second-order valence-corrected chi connectivity index (χ2v) is 3.93. The first-order valence-corrected chi connectivity index (χ1v) is 5.49. The van der Waals surface area contributed by atoms with Crippen LogP contribution < -0.4 is 5.73 Å². The topological polar surface area (TPSA) is 64.9 Å². The maximum atomic E-state index is 13.2. The van der Waals surface area contributed by atoms with Crippen LogP contribution in [0.5, 0.6) is 0 Å². The lowest BCUT2D eigenvalue weighted by molar-refractivity contribution is 0.421. The summed E-state index contributed by atoms with van der Waals surface area (Å²) >= 11 is 0. The summed E-state index contributed by atoms with van der Waals surface area (Å²) in [6, 6.07) is 4.64. The highest BCUT2D eigenvalue weighted by Crippen LogP contribution is 2.20. The molecule has 2 rings (SSSR count). The molecule has 2 aromatic rings. The predicted octanol–water partition coefficient (Wildman–Crippen LogP) is 2.08. The number of halogens is 1. The van der Waals surface area contributed by atoms with Gasteiger partial charge in [-0.25, -0.2) is 4.39 Å². The highest BCUT2D eigenvalue weighted by atomic mass is 19.1. The maximum Gasteiger partial charge on any atom is 0.258 e. The van der Waals surface area contributed by atoms with Crippen LogP contribution in [0.4, 0.5) is 4.39 Å². The van der Waals surface area contributed by atoms with E-state index >= 15 is 0 Å². The number of nitrogens with two attached hydrogens (primary N) is 1. The minimum Gasteiger partial charge on any atom is -0.334 e. The fraction of sp³-hybridized carbons (Fsp3) is 0.333. The molecule has 0 fully saturated rings. The van der Waals surface area contributed by atoms with Crippen molar-refractivity contribution in [3.8, 4) is 11.5 Å².